The van der Waals surface area contributed by atoms with Gasteiger partial charge in [0.2, 0.25) is 5.95 Å². The minimum Gasteiger partial charge on any atom is -0.504 e. The average Bonchev–Trinajstić information content (AvgIpc) is 3.02. The molecule has 2 aromatic carbocycles. The lowest BCUT2D eigenvalue weighted by atomic mass is 10.1. The Morgan fingerprint density at radius 3 is 2.79 bits per heavy atom. The minimum absolute atomic E-state index is 0.107. The number of hydrogen-bond acceptors (Lipinski definition) is 5. The summed E-state index contributed by atoms with van der Waals surface area (Å²) in [4.78, 5) is 9.18. The first-order valence-electron chi connectivity index (χ1n) is 9.04. The zero-order valence-corrected chi connectivity index (χ0v) is 16.1. The van der Waals surface area contributed by atoms with Gasteiger partial charge in [0.25, 0.3) is 0 Å². The molecule has 6 heteroatoms. The van der Waals surface area contributed by atoms with Crippen molar-refractivity contribution in [3.63, 3.8) is 0 Å². The number of anilines is 1. The number of phenols is 1. The molecule has 2 aromatic heterocycles. The highest BCUT2D eigenvalue weighted by atomic mass is 16.5. The molecule has 2 N–H and O–H groups in total. The van der Waals surface area contributed by atoms with Crippen LogP contribution in [-0.2, 0) is 13.6 Å². The molecular weight excluding hydrogens is 352 g/mol. The van der Waals surface area contributed by atoms with Crippen molar-refractivity contribution in [2.75, 3.05) is 12.4 Å². The second-order valence-corrected chi connectivity index (χ2v) is 6.78. The predicted molar refractivity (Wildman–Crippen MR) is 111 cm³/mol. The summed E-state index contributed by atoms with van der Waals surface area (Å²) in [6.45, 7) is 2.79. The van der Waals surface area contributed by atoms with Crippen LogP contribution in [0.1, 0.15) is 11.1 Å². The number of pyridine rings is 1. The Kier molecular flexibility index (Phi) is 4.61. The van der Waals surface area contributed by atoms with E-state index in [0.29, 0.717) is 12.3 Å². The van der Waals surface area contributed by atoms with Gasteiger partial charge in [-0.2, -0.15) is 0 Å². The number of aromatic nitrogens is 3. The second kappa shape index (κ2) is 7.23. The van der Waals surface area contributed by atoms with Crippen LogP contribution in [0.15, 0.2) is 54.7 Å². The third-order valence-corrected chi connectivity index (χ3v) is 4.78. The molecule has 4 rings (SSSR count). The third kappa shape index (κ3) is 3.36. The van der Waals surface area contributed by atoms with Crippen LogP contribution in [0.3, 0.4) is 0 Å². The Labute approximate surface area is 163 Å². The van der Waals surface area contributed by atoms with Gasteiger partial charge in [-0.25, -0.2) is 4.98 Å². The summed E-state index contributed by atoms with van der Waals surface area (Å²) < 4.78 is 7.22. The molecule has 0 bridgehead atoms. The van der Waals surface area contributed by atoms with E-state index in [2.05, 4.69) is 46.5 Å². The van der Waals surface area contributed by atoms with Crippen molar-refractivity contribution in [1.82, 2.24) is 14.5 Å². The van der Waals surface area contributed by atoms with Crippen LogP contribution in [0.25, 0.3) is 22.3 Å². The predicted octanol–water partition coefficient (Wildman–Crippen LogP) is 4.27. The second-order valence-electron chi connectivity index (χ2n) is 6.78. The molecule has 0 saturated heterocycles. The fourth-order valence-corrected chi connectivity index (χ4v) is 3.25. The Bertz CT molecular complexity index is 1150. The van der Waals surface area contributed by atoms with Gasteiger partial charge in [0, 0.05) is 19.2 Å². The standard InChI is InChI=1S/C22H22N4O2/c1-14-5-4-6-15(9-14)12-24-22-25-18-13-23-17(11-19(18)26(22)2)16-7-8-20(27)21(10-16)28-3/h4-11,13,27H,12H2,1-3H3,(H,24,25). The van der Waals surface area contributed by atoms with E-state index in [9.17, 15) is 5.11 Å². The maximum Gasteiger partial charge on any atom is 0.203 e. The quantitative estimate of drug-likeness (QED) is 0.546. The van der Waals surface area contributed by atoms with Crippen molar-refractivity contribution < 1.29 is 9.84 Å². The fraction of sp³-hybridized carbons (Fsp3) is 0.182. The maximum absolute atomic E-state index is 9.80. The number of aryl methyl sites for hydroxylation is 2. The van der Waals surface area contributed by atoms with Crippen molar-refractivity contribution in [1.29, 1.82) is 0 Å². The lowest BCUT2D eigenvalue weighted by molar-refractivity contribution is 0.373. The van der Waals surface area contributed by atoms with Gasteiger partial charge in [-0.05, 0) is 36.8 Å². The highest BCUT2D eigenvalue weighted by molar-refractivity contribution is 5.82. The van der Waals surface area contributed by atoms with E-state index < -0.39 is 0 Å². The van der Waals surface area contributed by atoms with E-state index in [1.54, 1.807) is 18.3 Å². The van der Waals surface area contributed by atoms with E-state index in [1.807, 2.05) is 23.7 Å². The summed E-state index contributed by atoms with van der Waals surface area (Å²) in [5, 5.41) is 13.2. The third-order valence-electron chi connectivity index (χ3n) is 4.78. The summed E-state index contributed by atoms with van der Waals surface area (Å²) in [6, 6.07) is 15.6. The van der Waals surface area contributed by atoms with Gasteiger partial charge in [-0.1, -0.05) is 29.8 Å². The SMILES string of the molecule is COc1cc(-c2cc3c(cn2)nc(NCc2cccc(C)c2)n3C)ccc1O. The van der Waals surface area contributed by atoms with Crippen molar-refractivity contribution >= 4 is 17.0 Å². The zero-order chi connectivity index (χ0) is 19.7. The first-order valence-corrected chi connectivity index (χ1v) is 9.04. The van der Waals surface area contributed by atoms with E-state index >= 15 is 0 Å². The van der Waals surface area contributed by atoms with Gasteiger partial charge in [0.15, 0.2) is 11.5 Å². The van der Waals surface area contributed by atoms with Gasteiger partial charge in [-0.15, -0.1) is 0 Å². The Balaban J connectivity index is 1.64. The summed E-state index contributed by atoms with van der Waals surface area (Å²) in [5.41, 5.74) is 5.91. The van der Waals surface area contributed by atoms with Crippen molar-refractivity contribution in [3.8, 4) is 22.8 Å². The van der Waals surface area contributed by atoms with Crippen LogP contribution >= 0.6 is 0 Å². The van der Waals surface area contributed by atoms with Crippen LogP contribution in [0.5, 0.6) is 11.5 Å². The molecule has 0 fully saturated rings. The first kappa shape index (κ1) is 17.9. The van der Waals surface area contributed by atoms with E-state index in [1.165, 1.54) is 18.2 Å². The molecule has 0 amide bonds. The molecule has 0 radical (unpaired) electrons. The first-order chi connectivity index (χ1) is 13.5. The summed E-state index contributed by atoms with van der Waals surface area (Å²) >= 11 is 0. The number of rotatable bonds is 5. The number of benzene rings is 2. The van der Waals surface area contributed by atoms with Crippen LogP contribution in [0.4, 0.5) is 5.95 Å². The normalized spacial score (nSPS) is 11.0. The highest BCUT2D eigenvalue weighted by Gasteiger charge is 2.11. The number of nitrogens with one attached hydrogen (secondary N) is 1. The highest BCUT2D eigenvalue weighted by Crippen LogP contribution is 2.32. The number of aromatic hydroxyl groups is 1. The molecule has 0 aliphatic heterocycles. The largest absolute Gasteiger partial charge is 0.504 e. The molecule has 0 saturated carbocycles. The molecule has 0 aliphatic carbocycles. The Morgan fingerprint density at radius 2 is 2.00 bits per heavy atom. The van der Waals surface area contributed by atoms with Gasteiger partial charge in [-0.3, -0.25) is 4.98 Å². The van der Waals surface area contributed by atoms with Gasteiger partial charge in [0.1, 0.15) is 5.52 Å². The van der Waals surface area contributed by atoms with Crippen LogP contribution in [-0.4, -0.2) is 26.8 Å². The molecule has 6 nitrogen and oxygen atoms in total. The van der Waals surface area contributed by atoms with Crippen LogP contribution < -0.4 is 10.1 Å². The zero-order valence-electron chi connectivity index (χ0n) is 16.1. The number of ether oxygens (including phenoxy) is 1. The van der Waals surface area contributed by atoms with Crippen molar-refractivity contribution in [3.05, 3.63) is 65.9 Å². The number of methoxy groups -OCH3 is 1. The number of phenolic OH excluding ortho intramolecular Hbond substituents is 1. The van der Waals surface area contributed by atoms with Crippen LogP contribution in [0, 0.1) is 6.92 Å². The molecule has 0 aliphatic rings. The number of imidazole rings is 1. The molecule has 0 spiro atoms. The Hall–Kier alpha value is -3.54. The topological polar surface area (TPSA) is 72.2 Å². The molecule has 4 aromatic rings. The lowest BCUT2D eigenvalue weighted by Crippen LogP contribution is -2.05. The van der Waals surface area contributed by atoms with Gasteiger partial charge in [0.05, 0.1) is 24.5 Å². The van der Waals surface area contributed by atoms with Gasteiger partial charge >= 0.3 is 0 Å². The number of hydrogen-bond donors (Lipinski definition) is 2. The average molecular weight is 374 g/mol. The molecule has 0 unspecified atom stereocenters. The molecular formula is C22H22N4O2. The maximum atomic E-state index is 9.80. The van der Waals surface area contributed by atoms with Crippen molar-refractivity contribution in [2.45, 2.75) is 13.5 Å². The monoisotopic (exact) mass is 374 g/mol. The lowest BCUT2D eigenvalue weighted by Gasteiger charge is -2.08. The van der Waals surface area contributed by atoms with Crippen molar-refractivity contribution in [2.24, 2.45) is 7.05 Å². The fourth-order valence-electron chi connectivity index (χ4n) is 3.25. The van der Waals surface area contributed by atoms with E-state index in [4.69, 9.17) is 4.74 Å². The summed E-state index contributed by atoms with van der Waals surface area (Å²) in [5.74, 6) is 1.32. The Morgan fingerprint density at radius 1 is 1.14 bits per heavy atom. The molecule has 0 atom stereocenters. The van der Waals surface area contributed by atoms with E-state index in [0.717, 1.165) is 28.2 Å². The van der Waals surface area contributed by atoms with E-state index in [-0.39, 0.29) is 5.75 Å². The summed E-state index contributed by atoms with van der Waals surface area (Å²) in [7, 11) is 3.51. The minimum atomic E-state index is 0.107. The molecule has 28 heavy (non-hydrogen) atoms. The summed E-state index contributed by atoms with van der Waals surface area (Å²) in [6.07, 6.45) is 1.77. The number of fused-ring (bicyclic) bond motifs is 1. The smallest absolute Gasteiger partial charge is 0.203 e. The van der Waals surface area contributed by atoms with Gasteiger partial charge < -0.3 is 19.7 Å². The molecule has 142 valence electrons. The van der Waals surface area contributed by atoms with Crippen LogP contribution in [0.2, 0.25) is 0 Å². The molecule has 2 heterocycles. The number of nitrogens with zero attached hydrogens (tertiary/aromatic N) is 3.